The first-order valence-electron chi connectivity index (χ1n) is 11.4. The quantitative estimate of drug-likeness (QED) is 0.558. The van der Waals surface area contributed by atoms with Crippen LogP contribution < -0.4 is 0 Å². The Kier molecular flexibility index (Phi) is 5.73. The number of piperazine rings is 1. The van der Waals surface area contributed by atoms with Crippen LogP contribution in [0.3, 0.4) is 0 Å². The molecule has 0 radical (unpaired) electrons. The molecule has 1 aliphatic heterocycles. The SMILES string of the molecule is CC1=C(c2ccc(C=O)cc2)c2cc(-c3ccc(CN4CCN(C)CC4)cc3)cnc2C1. The van der Waals surface area contributed by atoms with Gasteiger partial charge in [-0.25, -0.2) is 0 Å². The number of fused-ring (bicyclic) bond motifs is 1. The van der Waals surface area contributed by atoms with Gasteiger partial charge < -0.3 is 4.90 Å². The number of carbonyl (C=O) groups is 1. The summed E-state index contributed by atoms with van der Waals surface area (Å²) in [5, 5.41) is 0. The fourth-order valence-electron chi connectivity index (χ4n) is 4.77. The van der Waals surface area contributed by atoms with Crippen LogP contribution in [0.15, 0.2) is 66.4 Å². The van der Waals surface area contributed by atoms with Crippen LogP contribution in [0.25, 0.3) is 16.7 Å². The largest absolute Gasteiger partial charge is 0.304 e. The molecular weight excluding hydrogens is 394 g/mol. The standard InChI is InChI=1S/C28H29N3O/c1-20-15-27-26(28(20)24-9-5-22(19-32)6-10-24)16-25(17-29-27)23-7-3-21(4-8-23)18-31-13-11-30(2)12-14-31/h3-10,16-17,19H,11-15,18H2,1-2H3. The number of rotatable bonds is 5. The molecule has 2 aliphatic rings. The maximum atomic E-state index is 11.0. The van der Waals surface area contributed by atoms with E-state index in [1.54, 1.807) is 0 Å². The van der Waals surface area contributed by atoms with Gasteiger partial charge in [0.15, 0.2) is 0 Å². The smallest absolute Gasteiger partial charge is 0.150 e. The lowest BCUT2D eigenvalue weighted by Gasteiger charge is -2.32. The van der Waals surface area contributed by atoms with Crippen LogP contribution in [0, 0.1) is 0 Å². The third kappa shape index (κ3) is 4.16. The maximum Gasteiger partial charge on any atom is 0.150 e. The normalized spacial score (nSPS) is 16.9. The number of pyridine rings is 1. The molecule has 1 aliphatic carbocycles. The number of likely N-dealkylation sites (N-methyl/N-ethyl adjacent to an activating group) is 1. The Hall–Kier alpha value is -3.08. The molecule has 2 aromatic carbocycles. The third-order valence-corrected chi connectivity index (χ3v) is 6.72. The summed E-state index contributed by atoms with van der Waals surface area (Å²) in [6.07, 6.45) is 3.77. The Bertz CT molecular complexity index is 1150. The fraction of sp³-hybridized carbons (Fsp3) is 0.286. The van der Waals surface area contributed by atoms with Crippen LogP contribution in [0.4, 0.5) is 0 Å². The van der Waals surface area contributed by atoms with Crippen molar-refractivity contribution in [1.29, 1.82) is 0 Å². The van der Waals surface area contributed by atoms with Crippen LogP contribution in [0.5, 0.6) is 0 Å². The molecule has 0 spiro atoms. The topological polar surface area (TPSA) is 36.4 Å². The molecule has 0 N–H and O–H groups in total. The minimum absolute atomic E-state index is 0.703. The highest BCUT2D eigenvalue weighted by molar-refractivity contribution is 5.88. The van der Waals surface area contributed by atoms with E-state index in [0.717, 1.165) is 62.3 Å². The number of hydrogen-bond acceptors (Lipinski definition) is 4. The van der Waals surface area contributed by atoms with Gasteiger partial charge in [0.05, 0.1) is 5.69 Å². The van der Waals surface area contributed by atoms with E-state index in [0.29, 0.717) is 5.56 Å². The van der Waals surface area contributed by atoms with Crippen molar-refractivity contribution >= 4 is 11.9 Å². The molecule has 0 saturated carbocycles. The van der Waals surface area contributed by atoms with Crippen molar-refractivity contribution in [1.82, 2.24) is 14.8 Å². The first kappa shape index (κ1) is 20.8. The van der Waals surface area contributed by atoms with E-state index in [4.69, 9.17) is 4.98 Å². The van der Waals surface area contributed by atoms with Crippen LogP contribution in [-0.4, -0.2) is 54.3 Å². The van der Waals surface area contributed by atoms with Gasteiger partial charge in [-0.1, -0.05) is 54.1 Å². The van der Waals surface area contributed by atoms with Gasteiger partial charge in [-0.3, -0.25) is 14.7 Å². The first-order valence-corrected chi connectivity index (χ1v) is 11.4. The summed E-state index contributed by atoms with van der Waals surface area (Å²) in [7, 11) is 2.19. The third-order valence-electron chi connectivity index (χ3n) is 6.72. The molecule has 3 aromatic rings. The second kappa shape index (κ2) is 8.81. The summed E-state index contributed by atoms with van der Waals surface area (Å²) in [6.45, 7) is 7.75. The van der Waals surface area contributed by atoms with Gasteiger partial charge in [-0.2, -0.15) is 0 Å². The predicted molar refractivity (Wildman–Crippen MR) is 130 cm³/mol. The minimum atomic E-state index is 0.703. The molecule has 0 amide bonds. The molecule has 1 aromatic heterocycles. The number of benzene rings is 2. The second-order valence-corrected chi connectivity index (χ2v) is 9.07. The fourth-order valence-corrected chi connectivity index (χ4v) is 4.77. The van der Waals surface area contributed by atoms with Gasteiger partial charge in [0.2, 0.25) is 0 Å². The zero-order valence-electron chi connectivity index (χ0n) is 18.8. The Balaban J connectivity index is 1.38. The highest BCUT2D eigenvalue weighted by atomic mass is 16.1. The molecule has 4 heteroatoms. The van der Waals surface area contributed by atoms with Crippen LogP contribution in [0.1, 0.15) is 39.7 Å². The van der Waals surface area contributed by atoms with Gasteiger partial charge in [0.25, 0.3) is 0 Å². The van der Waals surface area contributed by atoms with Crippen LogP contribution in [0.2, 0.25) is 0 Å². The molecule has 162 valence electrons. The van der Waals surface area contributed by atoms with Crippen LogP contribution in [-0.2, 0) is 13.0 Å². The molecule has 0 bridgehead atoms. The van der Waals surface area contributed by atoms with Crippen molar-refractivity contribution in [2.45, 2.75) is 19.9 Å². The molecule has 5 rings (SSSR count). The monoisotopic (exact) mass is 423 g/mol. The highest BCUT2D eigenvalue weighted by Crippen LogP contribution is 2.38. The Morgan fingerprint density at radius 1 is 0.906 bits per heavy atom. The molecule has 1 saturated heterocycles. The van der Waals surface area contributed by atoms with E-state index in [2.05, 4.69) is 54.1 Å². The molecule has 0 unspecified atom stereocenters. The van der Waals surface area contributed by atoms with Crippen molar-refractivity contribution < 1.29 is 4.79 Å². The number of carbonyl (C=O) groups excluding carboxylic acids is 1. The van der Waals surface area contributed by atoms with E-state index >= 15 is 0 Å². The van der Waals surface area contributed by atoms with E-state index < -0.39 is 0 Å². The first-order chi connectivity index (χ1) is 15.6. The molecule has 2 heterocycles. The lowest BCUT2D eigenvalue weighted by atomic mass is 9.95. The molecule has 1 fully saturated rings. The lowest BCUT2D eigenvalue weighted by Crippen LogP contribution is -2.43. The van der Waals surface area contributed by atoms with Crippen LogP contribution >= 0.6 is 0 Å². The van der Waals surface area contributed by atoms with E-state index in [-0.39, 0.29) is 0 Å². The van der Waals surface area contributed by atoms with Crippen molar-refractivity contribution in [3.63, 3.8) is 0 Å². The molecule has 0 atom stereocenters. The zero-order valence-corrected chi connectivity index (χ0v) is 18.8. The van der Waals surface area contributed by atoms with Crippen molar-refractivity contribution in [2.24, 2.45) is 0 Å². The van der Waals surface area contributed by atoms with E-state index in [1.165, 1.54) is 27.8 Å². The van der Waals surface area contributed by atoms with Gasteiger partial charge >= 0.3 is 0 Å². The number of allylic oxidation sites excluding steroid dienone is 1. The Morgan fingerprint density at radius 2 is 1.59 bits per heavy atom. The molecule has 4 nitrogen and oxygen atoms in total. The van der Waals surface area contributed by atoms with Gasteiger partial charge in [-0.05, 0) is 42.3 Å². The maximum absolute atomic E-state index is 11.0. The summed E-state index contributed by atoms with van der Waals surface area (Å²) in [5.41, 5.74) is 10.5. The minimum Gasteiger partial charge on any atom is -0.304 e. The summed E-state index contributed by atoms with van der Waals surface area (Å²) in [5.74, 6) is 0. The van der Waals surface area contributed by atoms with Crippen molar-refractivity contribution in [3.8, 4) is 11.1 Å². The number of hydrogen-bond donors (Lipinski definition) is 0. The summed E-state index contributed by atoms with van der Waals surface area (Å²) in [4.78, 5) is 20.8. The number of nitrogens with zero attached hydrogens (tertiary/aromatic N) is 3. The summed E-state index contributed by atoms with van der Waals surface area (Å²) < 4.78 is 0. The van der Waals surface area contributed by atoms with E-state index in [1.807, 2.05) is 30.5 Å². The lowest BCUT2D eigenvalue weighted by molar-refractivity contribution is 0.112. The summed E-state index contributed by atoms with van der Waals surface area (Å²) in [6, 6.07) is 19.1. The average Bonchev–Trinajstić information content (AvgIpc) is 3.16. The zero-order chi connectivity index (χ0) is 22.1. The highest BCUT2D eigenvalue weighted by Gasteiger charge is 2.22. The number of aldehydes is 1. The Morgan fingerprint density at radius 3 is 2.28 bits per heavy atom. The predicted octanol–water partition coefficient (Wildman–Crippen LogP) is 4.69. The molecular formula is C28H29N3O. The molecule has 32 heavy (non-hydrogen) atoms. The van der Waals surface area contributed by atoms with Gasteiger partial charge in [0.1, 0.15) is 6.29 Å². The Labute approximate surface area is 190 Å². The van der Waals surface area contributed by atoms with Gasteiger partial charge in [-0.15, -0.1) is 0 Å². The number of aromatic nitrogens is 1. The second-order valence-electron chi connectivity index (χ2n) is 9.07. The van der Waals surface area contributed by atoms with Crippen molar-refractivity contribution in [3.05, 3.63) is 94.3 Å². The average molecular weight is 424 g/mol. The summed E-state index contributed by atoms with van der Waals surface area (Å²) >= 11 is 0. The van der Waals surface area contributed by atoms with Gasteiger partial charge in [0, 0.05) is 62.0 Å². The van der Waals surface area contributed by atoms with Crippen molar-refractivity contribution in [2.75, 3.05) is 33.2 Å². The van der Waals surface area contributed by atoms with E-state index in [9.17, 15) is 4.79 Å².